The van der Waals surface area contributed by atoms with E-state index in [0.29, 0.717) is 25.0 Å². The summed E-state index contributed by atoms with van der Waals surface area (Å²) in [5, 5.41) is 0.0285. The van der Waals surface area contributed by atoms with Crippen molar-refractivity contribution in [3.8, 4) is 0 Å². The molecule has 0 unspecified atom stereocenters. The van der Waals surface area contributed by atoms with E-state index >= 15 is 0 Å². The number of allylic oxidation sites excluding steroid dienone is 1. The number of hydrogen-bond donors (Lipinski definition) is 0. The lowest BCUT2D eigenvalue weighted by atomic mass is 9.45. The number of Topliss-reactive ketones (excluding diaryl/α,β-unsaturated/α-hetero) is 1. The molecule has 4 rings (SSSR count). The largest absolute Gasteiger partial charge is 0.465 e. The average molecular weight is 521 g/mol. The minimum absolute atomic E-state index is 0.0285. The maximum atomic E-state index is 13.2. The molecule has 4 aliphatic rings. The van der Waals surface area contributed by atoms with Gasteiger partial charge in [0.05, 0.1) is 23.2 Å². The molecule has 36 heavy (non-hydrogen) atoms. The van der Waals surface area contributed by atoms with Gasteiger partial charge in [-0.3, -0.25) is 9.59 Å². The highest BCUT2D eigenvalue weighted by molar-refractivity contribution is 6.74. The molecule has 0 amide bonds. The molecule has 0 N–H and O–H groups in total. The highest BCUT2D eigenvalue weighted by Crippen LogP contribution is 2.65. The molecule has 2 heterocycles. The van der Waals surface area contributed by atoms with E-state index in [1.807, 2.05) is 13.0 Å². The van der Waals surface area contributed by atoms with E-state index in [2.05, 4.69) is 40.8 Å². The van der Waals surface area contributed by atoms with Gasteiger partial charge in [-0.25, -0.2) is 4.79 Å². The Kier molecular flexibility index (Phi) is 6.92. The molecule has 0 aromatic rings. The van der Waals surface area contributed by atoms with Crippen LogP contribution in [0.15, 0.2) is 11.6 Å². The van der Waals surface area contributed by atoms with Crippen molar-refractivity contribution in [2.45, 2.75) is 103 Å². The van der Waals surface area contributed by atoms with Gasteiger partial charge in [-0.1, -0.05) is 33.8 Å². The fraction of sp³-hybridized carbons (Fsp3) is 0.821. The van der Waals surface area contributed by atoms with Crippen LogP contribution in [-0.2, 0) is 33.0 Å². The molecule has 7 nitrogen and oxygen atoms in total. The Labute approximate surface area is 216 Å². The monoisotopic (exact) mass is 520 g/mol. The Morgan fingerprint density at radius 1 is 1.19 bits per heavy atom. The van der Waals surface area contributed by atoms with E-state index in [-0.39, 0.29) is 64.9 Å². The van der Waals surface area contributed by atoms with Crippen molar-refractivity contribution < 1.29 is 33.0 Å². The number of carbonyl (C=O) groups excluding carboxylic acids is 3. The van der Waals surface area contributed by atoms with Gasteiger partial charge in [-0.05, 0) is 68.0 Å². The van der Waals surface area contributed by atoms with Crippen LogP contribution in [-0.4, -0.2) is 57.6 Å². The lowest BCUT2D eigenvalue weighted by Gasteiger charge is -2.58. The fourth-order valence-electron chi connectivity index (χ4n) is 6.89. The van der Waals surface area contributed by atoms with Crippen LogP contribution in [0.25, 0.3) is 0 Å². The Balaban J connectivity index is 1.61. The Morgan fingerprint density at radius 2 is 1.86 bits per heavy atom. The van der Waals surface area contributed by atoms with E-state index in [1.165, 1.54) is 6.92 Å². The van der Waals surface area contributed by atoms with Crippen LogP contribution < -0.4 is 0 Å². The molecule has 2 aliphatic heterocycles. The molecule has 2 aliphatic carbocycles. The summed E-state index contributed by atoms with van der Waals surface area (Å²) in [6.07, 6.45) is 5.35. The maximum Gasteiger partial charge on any atom is 0.336 e. The predicted octanol–water partition coefficient (Wildman–Crippen LogP) is 4.98. The van der Waals surface area contributed by atoms with E-state index in [1.54, 1.807) is 0 Å². The van der Waals surface area contributed by atoms with Crippen molar-refractivity contribution in [2.24, 2.45) is 22.7 Å². The molecular weight excluding hydrogens is 476 g/mol. The summed E-state index contributed by atoms with van der Waals surface area (Å²) in [6, 6.07) is 0. The van der Waals surface area contributed by atoms with Crippen LogP contribution in [0.2, 0.25) is 18.1 Å². The van der Waals surface area contributed by atoms with Gasteiger partial charge >= 0.3 is 11.9 Å². The lowest BCUT2D eigenvalue weighted by Crippen LogP contribution is -2.59. The first kappa shape index (κ1) is 27.5. The standard InChI is InChI=1S/C28H44O7Si/c1-18(29)33-16-27(6)21-11-14-28(17-34-28)22(26(21,5)13-12-23(27)30)10-9-19-20(15-32-24(19)31)35-36(7,8)25(2,3)4/h9,20-22H,10-17H2,1-8H3/b19-9+/t20-,21+,22+,26-,27+,28-/m1/s1. The number of esters is 2. The van der Waals surface area contributed by atoms with Crippen molar-refractivity contribution in [1.82, 2.24) is 0 Å². The summed E-state index contributed by atoms with van der Waals surface area (Å²) in [7, 11) is -2.09. The number of rotatable bonds is 6. The van der Waals surface area contributed by atoms with Gasteiger partial charge in [0.2, 0.25) is 0 Å². The fourth-order valence-corrected chi connectivity index (χ4v) is 8.15. The van der Waals surface area contributed by atoms with E-state index < -0.39 is 13.7 Å². The zero-order valence-electron chi connectivity index (χ0n) is 23.3. The zero-order valence-corrected chi connectivity index (χ0v) is 24.3. The van der Waals surface area contributed by atoms with E-state index in [9.17, 15) is 14.4 Å². The smallest absolute Gasteiger partial charge is 0.336 e. The Morgan fingerprint density at radius 3 is 2.44 bits per heavy atom. The molecule has 0 bridgehead atoms. The third-order valence-electron chi connectivity index (χ3n) is 10.2. The van der Waals surface area contributed by atoms with Gasteiger partial charge in [0.15, 0.2) is 8.32 Å². The molecule has 8 heteroatoms. The van der Waals surface area contributed by atoms with Gasteiger partial charge in [0.1, 0.15) is 25.1 Å². The van der Waals surface area contributed by atoms with Crippen molar-refractivity contribution >= 4 is 26.0 Å². The molecule has 2 saturated carbocycles. The molecule has 0 aromatic heterocycles. The Hall–Kier alpha value is -1.51. The molecule has 202 valence electrons. The number of ether oxygens (including phenoxy) is 3. The highest BCUT2D eigenvalue weighted by atomic mass is 28.4. The molecule has 0 aromatic carbocycles. The predicted molar refractivity (Wildman–Crippen MR) is 138 cm³/mol. The number of ketones is 1. The van der Waals surface area contributed by atoms with Crippen LogP contribution in [0.5, 0.6) is 0 Å². The molecule has 0 radical (unpaired) electrons. The second-order valence-corrected chi connectivity index (χ2v) is 18.2. The van der Waals surface area contributed by atoms with Gasteiger partial charge in [0.25, 0.3) is 0 Å². The van der Waals surface area contributed by atoms with Crippen molar-refractivity contribution in [3.05, 3.63) is 11.6 Å². The van der Waals surface area contributed by atoms with Gasteiger partial charge in [-0.2, -0.15) is 0 Å². The number of carbonyl (C=O) groups is 3. The zero-order chi connectivity index (χ0) is 26.7. The number of fused-ring (bicyclic) bond motifs is 1. The van der Waals surface area contributed by atoms with Gasteiger partial charge in [-0.15, -0.1) is 0 Å². The second kappa shape index (κ2) is 9.05. The van der Waals surface area contributed by atoms with Crippen LogP contribution in [0.3, 0.4) is 0 Å². The van der Waals surface area contributed by atoms with Crippen molar-refractivity contribution in [2.75, 3.05) is 19.8 Å². The Bertz CT molecular complexity index is 959. The highest BCUT2D eigenvalue weighted by Gasteiger charge is 2.67. The lowest BCUT2D eigenvalue weighted by molar-refractivity contribution is -0.169. The minimum atomic E-state index is -2.09. The normalized spacial score (nSPS) is 39.8. The summed E-state index contributed by atoms with van der Waals surface area (Å²) >= 11 is 0. The van der Waals surface area contributed by atoms with Gasteiger partial charge < -0.3 is 18.6 Å². The number of hydrogen-bond acceptors (Lipinski definition) is 7. The minimum Gasteiger partial charge on any atom is -0.465 e. The summed E-state index contributed by atoms with van der Waals surface area (Å²) in [5.41, 5.74) is -0.465. The van der Waals surface area contributed by atoms with Crippen molar-refractivity contribution in [1.29, 1.82) is 0 Å². The summed E-state index contributed by atoms with van der Waals surface area (Å²) in [4.78, 5) is 37.5. The van der Waals surface area contributed by atoms with Crippen LogP contribution in [0, 0.1) is 22.7 Å². The summed E-state index contributed by atoms with van der Waals surface area (Å²) < 4.78 is 23.6. The molecular formula is C28H44O7Si. The van der Waals surface area contributed by atoms with E-state index in [0.717, 1.165) is 19.3 Å². The first-order valence-electron chi connectivity index (χ1n) is 13.4. The third-order valence-corrected chi connectivity index (χ3v) is 14.7. The SMILES string of the molecule is CC(=O)OC[C@]1(C)C(=O)CC[C@@]2(C)[C@H](C/C=C3/C(=O)OC[C@H]3O[Si](C)(C)C(C)(C)C)[C@@]3(CC[C@@H]21)CO3. The molecule has 6 atom stereocenters. The topological polar surface area (TPSA) is 91.4 Å². The third kappa shape index (κ3) is 4.62. The van der Waals surface area contributed by atoms with Crippen molar-refractivity contribution in [3.63, 3.8) is 0 Å². The van der Waals surface area contributed by atoms with E-state index in [4.69, 9.17) is 18.6 Å². The molecule has 4 fully saturated rings. The quantitative estimate of drug-likeness (QED) is 0.211. The summed E-state index contributed by atoms with van der Waals surface area (Å²) in [5.74, 6) is -0.233. The first-order valence-corrected chi connectivity index (χ1v) is 16.3. The van der Waals surface area contributed by atoms with Crippen LogP contribution >= 0.6 is 0 Å². The second-order valence-electron chi connectivity index (χ2n) is 13.5. The molecule has 1 spiro atoms. The maximum absolute atomic E-state index is 13.2. The number of cyclic esters (lactones) is 1. The average Bonchev–Trinajstić information content (AvgIpc) is 3.46. The first-order chi connectivity index (χ1) is 16.6. The molecule has 2 saturated heterocycles. The van der Waals surface area contributed by atoms with Crippen LogP contribution in [0.1, 0.15) is 73.6 Å². The summed E-state index contributed by atoms with van der Waals surface area (Å²) in [6.45, 7) is 17.7. The van der Waals surface area contributed by atoms with Crippen LogP contribution in [0.4, 0.5) is 0 Å². The number of epoxide rings is 1. The van der Waals surface area contributed by atoms with Gasteiger partial charge in [0, 0.05) is 13.3 Å².